The summed E-state index contributed by atoms with van der Waals surface area (Å²) in [5.74, 6) is 1.28. The molecule has 2 aromatic heterocycles. The van der Waals surface area contributed by atoms with Crippen molar-refractivity contribution in [2.45, 2.75) is 20.5 Å². The molecule has 2 aromatic carbocycles. The van der Waals surface area contributed by atoms with Gasteiger partial charge in [-0.15, -0.1) is 0 Å². The molecule has 0 saturated carbocycles. The minimum atomic E-state index is -0.261. The van der Waals surface area contributed by atoms with E-state index in [1.54, 1.807) is 12.1 Å². The Hall–Kier alpha value is -3.47. The first-order valence-corrected chi connectivity index (χ1v) is 9.05. The van der Waals surface area contributed by atoms with E-state index in [0.29, 0.717) is 12.4 Å². The van der Waals surface area contributed by atoms with Crippen molar-refractivity contribution in [2.24, 2.45) is 0 Å². The summed E-state index contributed by atoms with van der Waals surface area (Å²) in [6.07, 6.45) is 3.69. The third kappa shape index (κ3) is 3.93. The smallest absolute Gasteiger partial charge is 0.138 e. The predicted octanol–water partition coefficient (Wildman–Crippen LogP) is 5.47. The highest BCUT2D eigenvalue weighted by molar-refractivity contribution is 5.66. The molecule has 0 unspecified atom stereocenters. The van der Waals surface area contributed by atoms with Gasteiger partial charge in [-0.1, -0.05) is 6.07 Å². The molecule has 0 saturated heterocycles. The topological polar surface area (TPSA) is 50.8 Å². The monoisotopic (exact) mass is 373 g/mol. The third-order valence-electron chi connectivity index (χ3n) is 4.53. The van der Waals surface area contributed by atoms with Crippen LogP contribution in [-0.2, 0) is 6.61 Å². The number of benzene rings is 2. The Bertz CT molecular complexity index is 1090. The summed E-state index contributed by atoms with van der Waals surface area (Å²) in [6.45, 7) is 4.45. The zero-order chi connectivity index (χ0) is 19.5. The van der Waals surface area contributed by atoms with Crippen LogP contribution in [0.4, 0.5) is 4.39 Å². The number of aromatic nitrogens is 3. The lowest BCUT2D eigenvalue weighted by Crippen LogP contribution is -1.98. The number of rotatable bonds is 5. The molecule has 4 nitrogen and oxygen atoms in total. The summed E-state index contributed by atoms with van der Waals surface area (Å²) >= 11 is 0. The normalized spacial score (nSPS) is 10.8. The largest absolute Gasteiger partial charge is 0.489 e. The van der Waals surface area contributed by atoms with Crippen LogP contribution >= 0.6 is 0 Å². The van der Waals surface area contributed by atoms with Crippen LogP contribution in [0.15, 0.2) is 67.0 Å². The van der Waals surface area contributed by atoms with Crippen molar-refractivity contribution < 1.29 is 9.13 Å². The fourth-order valence-electron chi connectivity index (χ4n) is 2.94. The van der Waals surface area contributed by atoms with Crippen LogP contribution in [0.3, 0.4) is 0 Å². The van der Waals surface area contributed by atoms with Crippen molar-refractivity contribution in [1.82, 2.24) is 15.0 Å². The summed E-state index contributed by atoms with van der Waals surface area (Å²) in [6, 6.07) is 16.3. The van der Waals surface area contributed by atoms with Gasteiger partial charge >= 0.3 is 0 Å². The molecule has 2 heterocycles. The van der Waals surface area contributed by atoms with Crippen molar-refractivity contribution >= 4 is 0 Å². The van der Waals surface area contributed by atoms with Crippen LogP contribution in [0, 0.1) is 19.7 Å². The van der Waals surface area contributed by atoms with E-state index < -0.39 is 0 Å². The Morgan fingerprint density at radius 3 is 2.46 bits per heavy atom. The van der Waals surface area contributed by atoms with E-state index in [9.17, 15) is 4.39 Å². The number of H-pyrrole nitrogens is 1. The van der Waals surface area contributed by atoms with E-state index in [0.717, 1.165) is 39.4 Å². The van der Waals surface area contributed by atoms with Crippen LogP contribution < -0.4 is 4.74 Å². The first-order chi connectivity index (χ1) is 13.6. The van der Waals surface area contributed by atoms with Gasteiger partial charge in [0, 0.05) is 34.8 Å². The zero-order valence-electron chi connectivity index (χ0n) is 15.7. The molecule has 4 aromatic rings. The third-order valence-corrected chi connectivity index (χ3v) is 4.53. The van der Waals surface area contributed by atoms with Crippen molar-refractivity contribution in [3.8, 4) is 28.4 Å². The molecule has 0 aliphatic rings. The van der Waals surface area contributed by atoms with Gasteiger partial charge in [0.25, 0.3) is 0 Å². The van der Waals surface area contributed by atoms with E-state index in [1.165, 1.54) is 12.1 Å². The van der Waals surface area contributed by atoms with Gasteiger partial charge < -0.3 is 9.72 Å². The molecule has 0 fully saturated rings. The van der Waals surface area contributed by atoms with Gasteiger partial charge in [-0.2, -0.15) is 0 Å². The van der Waals surface area contributed by atoms with Crippen molar-refractivity contribution in [3.63, 3.8) is 0 Å². The second-order valence-electron chi connectivity index (χ2n) is 6.72. The minimum absolute atomic E-state index is 0.261. The molecule has 1 N–H and O–H groups in total. The molecule has 0 aliphatic heterocycles. The zero-order valence-corrected chi connectivity index (χ0v) is 15.7. The van der Waals surface area contributed by atoms with E-state index >= 15 is 0 Å². The molecular formula is C23H20FN3O. The van der Waals surface area contributed by atoms with Gasteiger partial charge in [0.15, 0.2) is 0 Å². The molecule has 5 heteroatoms. The maximum atomic E-state index is 13.1. The first-order valence-electron chi connectivity index (χ1n) is 9.05. The second kappa shape index (κ2) is 7.64. The van der Waals surface area contributed by atoms with Crippen molar-refractivity contribution in [2.75, 3.05) is 0 Å². The van der Waals surface area contributed by atoms with Crippen LogP contribution in [0.1, 0.15) is 16.8 Å². The summed E-state index contributed by atoms with van der Waals surface area (Å²) in [7, 11) is 0. The number of hydrogen-bond donors (Lipinski definition) is 1. The maximum Gasteiger partial charge on any atom is 0.138 e. The number of hydrogen-bond acceptors (Lipinski definition) is 3. The lowest BCUT2D eigenvalue weighted by molar-refractivity contribution is 0.303. The lowest BCUT2D eigenvalue weighted by Gasteiger charge is -2.10. The Morgan fingerprint density at radius 1 is 0.964 bits per heavy atom. The minimum Gasteiger partial charge on any atom is -0.489 e. The highest BCUT2D eigenvalue weighted by Crippen LogP contribution is 2.27. The summed E-state index contributed by atoms with van der Waals surface area (Å²) in [5.41, 5.74) is 5.72. The highest BCUT2D eigenvalue weighted by Gasteiger charge is 2.09. The number of aromatic amines is 1. The van der Waals surface area contributed by atoms with Gasteiger partial charge in [-0.25, -0.2) is 9.37 Å². The molecule has 0 radical (unpaired) electrons. The number of halogens is 1. The number of pyridine rings is 1. The van der Waals surface area contributed by atoms with Crippen LogP contribution in [-0.4, -0.2) is 15.0 Å². The molecule has 0 amide bonds. The standard InChI is InChI=1S/C23H20FN3O/c1-15-11-19(7-10-22(15)28-14-17-4-3-16(2)25-12-17)21-13-26-23(27-21)18-5-8-20(24)9-6-18/h3-13H,14H2,1-2H3,(H,26,27). The van der Waals surface area contributed by atoms with E-state index in [-0.39, 0.29) is 5.82 Å². The van der Waals surface area contributed by atoms with Crippen molar-refractivity contribution in [1.29, 1.82) is 0 Å². The quantitative estimate of drug-likeness (QED) is 0.504. The SMILES string of the molecule is Cc1ccc(COc2ccc(-c3c[nH]c(-c4ccc(F)cc4)n3)cc2C)cn1. The van der Waals surface area contributed by atoms with Crippen LogP contribution in [0.2, 0.25) is 0 Å². The second-order valence-corrected chi connectivity index (χ2v) is 6.72. The number of ether oxygens (including phenoxy) is 1. The van der Waals surface area contributed by atoms with Gasteiger partial charge in [-0.3, -0.25) is 4.98 Å². The molecule has 0 bridgehead atoms. The predicted molar refractivity (Wildman–Crippen MR) is 107 cm³/mol. The molecular weight excluding hydrogens is 353 g/mol. The fraction of sp³-hybridized carbons (Fsp3) is 0.130. The molecule has 0 atom stereocenters. The fourth-order valence-corrected chi connectivity index (χ4v) is 2.94. The number of aryl methyl sites for hydroxylation is 2. The Morgan fingerprint density at radius 2 is 1.75 bits per heavy atom. The average molecular weight is 373 g/mol. The van der Waals surface area contributed by atoms with E-state index in [1.807, 2.05) is 56.6 Å². The van der Waals surface area contributed by atoms with Gasteiger partial charge in [-0.05, 0) is 67.9 Å². The average Bonchev–Trinajstić information content (AvgIpc) is 3.19. The number of imidazole rings is 1. The highest BCUT2D eigenvalue weighted by atomic mass is 19.1. The molecule has 28 heavy (non-hydrogen) atoms. The Balaban J connectivity index is 1.50. The van der Waals surface area contributed by atoms with Crippen molar-refractivity contribution in [3.05, 3.63) is 89.6 Å². The Kier molecular flexibility index (Phi) is 4.89. The van der Waals surface area contributed by atoms with Gasteiger partial charge in [0.05, 0.1) is 5.69 Å². The maximum absolute atomic E-state index is 13.1. The van der Waals surface area contributed by atoms with Crippen LogP contribution in [0.5, 0.6) is 5.75 Å². The first kappa shape index (κ1) is 17.9. The summed E-state index contributed by atoms with van der Waals surface area (Å²) in [5, 5.41) is 0. The molecule has 140 valence electrons. The summed E-state index contributed by atoms with van der Waals surface area (Å²) < 4.78 is 19.0. The number of nitrogens with zero attached hydrogens (tertiary/aromatic N) is 2. The molecule has 4 rings (SSSR count). The molecule has 0 spiro atoms. The van der Waals surface area contributed by atoms with Gasteiger partial charge in [0.2, 0.25) is 0 Å². The lowest BCUT2D eigenvalue weighted by atomic mass is 10.1. The Labute approximate surface area is 163 Å². The van der Waals surface area contributed by atoms with Crippen LogP contribution in [0.25, 0.3) is 22.6 Å². The van der Waals surface area contributed by atoms with Gasteiger partial charge in [0.1, 0.15) is 24.0 Å². The molecule has 0 aliphatic carbocycles. The van der Waals surface area contributed by atoms with E-state index in [2.05, 4.69) is 15.0 Å². The number of nitrogens with one attached hydrogen (secondary N) is 1. The van der Waals surface area contributed by atoms with E-state index in [4.69, 9.17) is 4.74 Å². The summed E-state index contributed by atoms with van der Waals surface area (Å²) in [4.78, 5) is 12.1.